The molecule has 0 atom stereocenters. The van der Waals surface area contributed by atoms with Crippen molar-refractivity contribution in [2.75, 3.05) is 0 Å². The number of carboxylic acid groups (broad SMARTS) is 1. The minimum atomic E-state index is -1.02. The summed E-state index contributed by atoms with van der Waals surface area (Å²) in [5.74, 6) is 0. The molecule has 0 unspecified atom stereocenters. The Morgan fingerprint density at radius 1 is 1.47 bits per heavy atom. The van der Waals surface area contributed by atoms with Crippen molar-refractivity contribution in [3.05, 3.63) is 34.4 Å². The Balaban J connectivity index is 2.27. The van der Waals surface area contributed by atoms with E-state index in [1.54, 1.807) is 0 Å². The van der Waals surface area contributed by atoms with Crippen LogP contribution in [0.4, 0.5) is 4.79 Å². The van der Waals surface area contributed by atoms with Crippen molar-refractivity contribution in [2.45, 2.75) is 6.54 Å². The molecule has 3 N–H and O–H groups in total. The Bertz CT molecular complexity index is 507. The van der Waals surface area contributed by atoms with Gasteiger partial charge in [-0.25, -0.2) is 4.79 Å². The number of H-pyrrole nitrogens is 1. The highest BCUT2D eigenvalue weighted by molar-refractivity contribution is 9.10. The molecule has 0 fully saturated rings. The van der Waals surface area contributed by atoms with Crippen molar-refractivity contribution in [1.29, 1.82) is 0 Å². The van der Waals surface area contributed by atoms with Crippen LogP contribution in [0.15, 0.2) is 28.7 Å². The second-order valence-electron chi connectivity index (χ2n) is 3.18. The molecule has 0 bridgehead atoms. The third kappa shape index (κ3) is 2.30. The first kappa shape index (κ1) is 10.0. The Morgan fingerprint density at radius 3 is 3.00 bits per heavy atom. The highest BCUT2D eigenvalue weighted by atomic mass is 79.9. The monoisotopic (exact) mass is 268 g/mol. The van der Waals surface area contributed by atoms with Crippen LogP contribution in [0.3, 0.4) is 0 Å². The number of fused-ring (bicyclic) bond motifs is 1. The highest BCUT2D eigenvalue weighted by Gasteiger charge is 2.02. The fourth-order valence-corrected chi connectivity index (χ4v) is 1.81. The second-order valence-corrected chi connectivity index (χ2v) is 4.10. The molecule has 1 heterocycles. The maximum absolute atomic E-state index is 10.3. The first-order chi connectivity index (χ1) is 7.15. The van der Waals surface area contributed by atoms with Crippen LogP contribution in [0, 0.1) is 0 Å². The van der Waals surface area contributed by atoms with Gasteiger partial charge >= 0.3 is 6.09 Å². The van der Waals surface area contributed by atoms with Gasteiger partial charge in [0.05, 0.1) is 6.54 Å². The van der Waals surface area contributed by atoms with Crippen molar-refractivity contribution in [3.63, 3.8) is 0 Å². The smallest absolute Gasteiger partial charge is 0.404 e. The van der Waals surface area contributed by atoms with Gasteiger partial charge in [-0.1, -0.05) is 15.9 Å². The summed E-state index contributed by atoms with van der Waals surface area (Å²) in [7, 11) is 0. The van der Waals surface area contributed by atoms with Crippen LogP contribution in [0.5, 0.6) is 0 Å². The van der Waals surface area contributed by atoms with Gasteiger partial charge in [0, 0.05) is 21.1 Å². The van der Waals surface area contributed by atoms with Gasteiger partial charge in [-0.3, -0.25) is 0 Å². The topological polar surface area (TPSA) is 65.1 Å². The largest absolute Gasteiger partial charge is 0.465 e. The molecule has 0 aliphatic rings. The molecule has 4 nitrogen and oxygen atoms in total. The van der Waals surface area contributed by atoms with Gasteiger partial charge in [0.15, 0.2) is 0 Å². The van der Waals surface area contributed by atoms with E-state index in [9.17, 15) is 4.79 Å². The highest BCUT2D eigenvalue weighted by Crippen LogP contribution is 2.20. The number of halogens is 1. The van der Waals surface area contributed by atoms with Crippen LogP contribution >= 0.6 is 15.9 Å². The Kier molecular flexibility index (Phi) is 2.64. The number of amides is 1. The standard InChI is InChI=1S/C10H9BrN2O2/c11-7-1-2-9-6(3-7)4-8(13-9)5-12-10(14)15/h1-4,12-13H,5H2,(H,14,15). The van der Waals surface area contributed by atoms with Gasteiger partial charge < -0.3 is 15.4 Å². The Labute approximate surface area is 94.4 Å². The van der Waals surface area contributed by atoms with Crippen molar-refractivity contribution >= 4 is 32.9 Å². The molecule has 78 valence electrons. The van der Waals surface area contributed by atoms with E-state index < -0.39 is 6.09 Å². The minimum absolute atomic E-state index is 0.293. The van der Waals surface area contributed by atoms with Gasteiger partial charge in [0.2, 0.25) is 0 Å². The summed E-state index contributed by atoms with van der Waals surface area (Å²) in [6.45, 7) is 0.293. The quantitative estimate of drug-likeness (QED) is 0.784. The van der Waals surface area contributed by atoms with Gasteiger partial charge in [0.25, 0.3) is 0 Å². The number of aromatic nitrogens is 1. The SMILES string of the molecule is O=C(O)NCc1cc2cc(Br)ccc2[nH]1. The molecule has 0 spiro atoms. The van der Waals surface area contributed by atoms with Gasteiger partial charge in [0.1, 0.15) is 0 Å². The van der Waals surface area contributed by atoms with Crippen LogP contribution in [0.2, 0.25) is 0 Å². The van der Waals surface area contributed by atoms with E-state index in [0.717, 1.165) is 21.1 Å². The molecule has 1 aromatic carbocycles. The molecule has 2 rings (SSSR count). The molecule has 5 heteroatoms. The number of carbonyl (C=O) groups is 1. The molecular formula is C10H9BrN2O2. The summed E-state index contributed by atoms with van der Waals surface area (Å²) in [6.07, 6.45) is -1.02. The molecule has 0 aliphatic carbocycles. The van der Waals surface area contributed by atoms with Crippen LogP contribution in [0.25, 0.3) is 10.9 Å². The number of nitrogens with one attached hydrogen (secondary N) is 2. The third-order valence-corrected chi connectivity index (χ3v) is 2.56. The third-order valence-electron chi connectivity index (χ3n) is 2.07. The molecule has 1 amide bonds. The number of aromatic amines is 1. The summed E-state index contributed by atoms with van der Waals surface area (Å²) in [5.41, 5.74) is 1.85. The lowest BCUT2D eigenvalue weighted by Gasteiger charge is -1.95. The average molecular weight is 269 g/mol. The van der Waals surface area contributed by atoms with Gasteiger partial charge in [-0.2, -0.15) is 0 Å². The lowest BCUT2D eigenvalue weighted by Crippen LogP contribution is -2.19. The summed E-state index contributed by atoms with van der Waals surface area (Å²) in [5, 5.41) is 11.8. The van der Waals surface area contributed by atoms with Crippen LogP contribution in [0.1, 0.15) is 5.69 Å². The molecule has 1 aromatic heterocycles. The van der Waals surface area contributed by atoms with Gasteiger partial charge in [-0.15, -0.1) is 0 Å². The lowest BCUT2D eigenvalue weighted by atomic mass is 10.2. The maximum Gasteiger partial charge on any atom is 0.404 e. The fourth-order valence-electron chi connectivity index (χ4n) is 1.43. The zero-order chi connectivity index (χ0) is 10.8. The molecule has 2 aromatic rings. The van der Waals surface area contributed by atoms with Crippen LogP contribution in [-0.2, 0) is 6.54 Å². The zero-order valence-electron chi connectivity index (χ0n) is 7.75. The summed E-state index contributed by atoms with van der Waals surface area (Å²) < 4.78 is 1.01. The lowest BCUT2D eigenvalue weighted by molar-refractivity contribution is 0.194. The molecule has 15 heavy (non-hydrogen) atoms. The van der Waals surface area contributed by atoms with E-state index in [-0.39, 0.29) is 0 Å². The zero-order valence-corrected chi connectivity index (χ0v) is 9.34. The molecule has 0 radical (unpaired) electrons. The summed E-state index contributed by atoms with van der Waals surface area (Å²) in [4.78, 5) is 13.4. The minimum Gasteiger partial charge on any atom is -0.465 e. The fraction of sp³-hybridized carbons (Fsp3) is 0.100. The Morgan fingerprint density at radius 2 is 2.27 bits per heavy atom. The van der Waals surface area contributed by atoms with E-state index in [0.29, 0.717) is 6.54 Å². The average Bonchev–Trinajstić information content (AvgIpc) is 2.56. The second kappa shape index (κ2) is 3.94. The van der Waals surface area contributed by atoms with Crippen molar-refractivity contribution in [1.82, 2.24) is 10.3 Å². The number of benzene rings is 1. The van der Waals surface area contributed by atoms with Crippen molar-refractivity contribution in [2.24, 2.45) is 0 Å². The number of rotatable bonds is 2. The van der Waals surface area contributed by atoms with Gasteiger partial charge in [-0.05, 0) is 24.3 Å². The first-order valence-corrected chi connectivity index (χ1v) is 5.18. The van der Waals surface area contributed by atoms with Crippen LogP contribution < -0.4 is 5.32 Å². The van der Waals surface area contributed by atoms with Crippen molar-refractivity contribution in [3.8, 4) is 0 Å². The predicted octanol–water partition coefficient (Wildman–Crippen LogP) is 2.70. The predicted molar refractivity (Wildman–Crippen MR) is 60.9 cm³/mol. The van der Waals surface area contributed by atoms with E-state index in [1.165, 1.54) is 0 Å². The number of hydrogen-bond acceptors (Lipinski definition) is 1. The van der Waals surface area contributed by atoms with E-state index in [4.69, 9.17) is 5.11 Å². The normalized spacial score (nSPS) is 10.5. The van der Waals surface area contributed by atoms with E-state index in [2.05, 4.69) is 26.2 Å². The number of hydrogen-bond donors (Lipinski definition) is 3. The molecule has 0 aliphatic heterocycles. The Hall–Kier alpha value is -1.49. The van der Waals surface area contributed by atoms with E-state index >= 15 is 0 Å². The van der Waals surface area contributed by atoms with Crippen molar-refractivity contribution < 1.29 is 9.90 Å². The first-order valence-electron chi connectivity index (χ1n) is 4.39. The van der Waals surface area contributed by atoms with E-state index in [1.807, 2.05) is 24.3 Å². The molecule has 0 saturated carbocycles. The summed E-state index contributed by atoms with van der Waals surface area (Å²) >= 11 is 3.38. The summed E-state index contributed by atoms with van der Waals surface area (Å²) in [6, 6.07) is 7.79. The molecular weight excluding hydrogens is 260 g/mol. The molecule has 0 saturated heterocycles. The van der Waals surface area contributed by atoms with Crippen LogP contribution in [-0.4, -0.2) is 16.2 Å². The maximum atomic E-state index is 10.3.